The van der Waals surface area contributed by atoms with Gasteiger partial charge in [-0.25, -0.2) is 9.97 Å². The molecule has 0 aliphatic heterocycles. The summed E-state index contributed by atoms with van der Waals surface area (Å²) < 4.78 is 0. The van der Waals surface area contributed by atoms with E-state index in [0.717, 1.165) is 5.56 Å². The summed E-state index contributed by atoms with van der Waals surface area (Å²) in [5.74, 6) is -0.364. The molecule has 0 aliphatic rings. The molecule has 0 fully saturated rings. The second kappa shape index (κ2) is 5.46. The van der Waals surface area contributed by atoms with Gasteiger partial charge in [-0.2, -0.15) is 5.26 Å². The van der Waals surface area contributed by atoms with Crippen molar-refractivity contribution in [1.29, 1.82) is 5.26 Å². The highest BCUT2D eigenvalue weighted by Gasteiger charge is 2.09. The molecule has 2 aromatic rings. The molecular formula is C13H9ClN4O. The summed E-state index contributed by atoms with van der Waals surface area (Å²) in [7, 11) is 0. The third kappa shape index (κ3) is 3.06. The van der Waals surface area contributed by atoms with E-state index in [-0.39, 0.29) is 11.6 Å². The van der Waals surface area contributed by atoms with E-state index in [4.69, 9.17) is 16.9 Å². The highest BCUT2D eigenvalue weighted by Crippen LogP contribution is 2.17. The number of rotatable bonds is 2. The van der Waals surface area contributed by atoms with E-state index in [1.165, 1.54) is 24.5 Å². The molecule has 19 heavy (non-hydrogen) atoms. The van der Waals surface area contributed by atoms with Gasteiger partial charge in [-0.3, -0.25) is 4.79 Å². The maximum Gasteiger partial charge on any atom is 0.274 e. The summed E-state index contributed by atoms with van der Waals surface area (Å²) in [6.07, 6.45) is 2.83. The molecule has 0 aliphatic carbocycles. The third-order valence-corrected chi connectivity index (χ3v) is 2.66. The van der Waals surface area contributed by atoms with Gasteiger partial charge in [0.05, 0.1) is 17.4 Å². The predicted molar refractivity (Wildman–Crippen MR) is 70.9 cm³/mol. The van der Waals surface area contributed by atoms with Gasteiger partial charge in [0.1, 0.15) is 16.9 Å². The largest absolute Gasteiger partial charge is 0.319 e. The molecule has 2 rings (SSSR count). The fourth-order valence-electron chi connectivity index (χ4n) is 1.43. The quantitative estimate of drug-likeness (QED) is 0.852. The molecule has 94 valence electrons. The lowest BCUT2D eigenvalue weighted by Crippen LogP contribution is -2.14. The maximum atomic E-state index is 11.9. The van der Waals surface area contributed by atoms with Gasteiger partial charge in [0, 0.05) is 6.20 Å². The zero-order valence-electron chi connectivity index (χ0n) is 10.0. The number of nitriles is 1. The fraction of sp³-hybridized carbons (Fsp3) is 0.0769. The first-order valence-corrected chi connectivity index (χ1v) is 5.77. The Hall–Kier alpha value is -2.45. The van der Waals surface area contributed by atoms with Gasteiger partial charge in [-0.15, -0.1) is 0 Å². The Balaban J connectivity index is 2.18. The van der Waals surface area contributed by atoms with Gasteiger partial charge in [0.25, 0.3) is 5.91 Å². The standard InChI is InChI=1S/C13H9ClN4O/c1-8-4-12(14)17-7-11(8)18-13(19)10-3-2-9(5-15)6-16-10/h2-4,6-7H,1H3,(H,18,19). The van der Waals surface area contributed by atoms with Crippen LogP contribution >= 0.6 is 11.6 Å². The maximum absolute atomic E-state index is 11.9. The van der Waals surface area contributed by atoms with Crippen molar-refractivity contribution in [1.82, 2.24) is 9.97 Å². The SMILES string of the molecule is Cc1cc(Cl)ncc1NC(=O)c1ccc(C#N)cn1. The van der Waals surface area contributed by atoms with Crippen LogP contribution in [0, 0.1) is 18.3 Å². The summed E-state index contributed by atoms with van der Waals surface area (Å²) in [6, 6.07) is 6.62. The summed E-state index contributed by atoms with van der Waals surface area (Å²) in [6.45, 7) is 1.81. The summed E-state index contributed by atoms with van der Waals surface area (Å²) in [5, 5.41) is 11.7. The molecule has 5 nitrogen and oxygen atoms in total. The summed E-state index contributed by atoms with van der Waals surface area (Å²) >= 11 is 5.74. The predicted octanol–water partition coefficient (Wildman–Crippen LogP) is 2.56. The number of anilines is 1. The number of hydrogen-bond donors (Lipinski definition) is 1. The average molecular weight is 273 g/mol. The van der Waals surface area contributed by atoms with Gasteiger partial charge in [-0.05, 0) is 30.7 Å². The lowest BCUT2D eigenvalue weighted by atomic mass is 10.2. The number of halogens is 1. The van der Waals surface area contributed by atoms with Crippen LogP contribution in [0.5, 0.6) is 0 Å². The topological polar surface area (TPSA) is 78.7 Å². The number of pyridine rings is 2. The van der Waals surface area contributed by atoms with Crippen LogP contribution in [0.15, 0.2) is 30.6 Å². The van der Waals surface area contributed by atoms with Gasteiger partial charge in [-0.1, -0.05) is 11.6 Å². The Morgan fingerprint density at radius 1 is 1.37 bits per heavy atom. The number of nitrogens with zero attached hydrogens (tertiary/aromatic N) is 3. The van der Waals surface area contributed by atoms with Crippen molar-refractivity contribution in [3.8, 4) is 6.07 Å². The van der Waals surface area contributed by atoms with E-state index in [1.54, 1.807) is 6.07 Å². The van der Waals surface area contributed by atoms with Gasteiger partial charge in [0.2, 0.25) is 0 Å². The van der Waals surface area contributed by atoms with Crippen LogP contribution in [0.2, 0.25) is 5.15 Å². The molecule has 6 heteroatoms. The van der Waals surface area contributed by atoms with Crippen LogP contribution in [0.3, 0.4) is 0 Å². The Morgan fingerprint density at radius 3 is 2.74 bits per heavy atom. The molecule has 1 N–H and O–H groups in total. The minimum absolute atomic E-state index is 0.230. The van der Waals surface area contributed by atoms with Crippen molar-refractivity contribution in [2.75, 3.05) is 5.32 Å². The molecule has 2 heterocycles. The number of carbonyl (C=O) groups is 1. The molecule has 1 amide bonds. The number of carbonyl (C=O) groups excluding carboxylic acids is 1. The minimum Gasteiger partial charge on any atom is -0.319 e. The average Bonchev–Trinajstić information content (AvgIpc) is 2.42. The molecule has 2 aromatic heterocycles. The fourth-order valence-corrected chi connectivity index (χ4v) is 1.65. The van der Waals surface area contributed by atoms with Crippen molar-refractivity contribution in [2.24, 2.45) is 0 Å². The molecule has 0 aromatic carbocycles. The lowest BCUT2D eigenvalue weighted by molar-refractivity contribution is 0.102. The molecular weight excluding hydrogens is 264 g/mol. The molecule has 0 atom stereocenters. The van der Waals surface area contributed by atoms with Gasteiger partial charge in [0.15, 0.2) is 0 Å². The van der Waals surface area contributed by atoms with E-state index in [0.29, 0.717) is 16.4 Å². The van der Waals surface area contributed by atoms with E-state index >= 15 is 0 Å². The molecule has 0 unspecified atom stereocenters. The van der Waals surface area contributed by atoms with Crippen LogP contribution in [0.1, 0.15) is 21.6 Å². The monoisotopic (exact) mass is 272 g/mol. The second-order valence-electron chi connectivity index (χ2n) is 3.82. The van der Waals surface area contributed by atoms with Crippen molar-refractivity contribution in [3.05, 3.63) is 52.6 Å². The molecule has 0 radical (unpaired) electrons. The van der Waals surface area contributed by atoms with Gasteiger partial charge < -0.3 is 5.32 Å². The first kappa shape index (κ1) is 13.0. The zero-order chi connectivity index (χ0) is 13.8. The minimum atomic E-state index is -0.364. The number of aromatic nitrogens is 2. The van der Waals surface area contributed by atoms with E-state index in [9.17, 15) is 4.79 Å². The van der Waals surface area contributed by atoms with Crippen molar-refractivity contribution in [3.63, 3.8) is 0 Å². The Bertz CT molecular complexity index is 661. The van der Waals surface area contributed by atoms with E-state index in [2.05, 4.69) is 15.3 Å². The first-order chi connectivity index (χ1) is 9.10. The summed E-state index contributed by atoms with van der Waals surface area (Å²) in [4.78, 5) is 19.7. The number of aryl methyl sites for hydroxylation is 1. The van der Waals surface area contributed by atoms with Crippen molar-refractivity contribution < 1.29 is 4.79 Å². The highest BCUT2D eigenvalue weighted by atomic mass is 35.5. The second-order valence-corrected chi connectivity index (χ2v) is 4.21. The van der Waals surface area contributed by atoms with E-state index in [1.807, 2.05) is 13.0 Å². The molecule has 0 saturated carbocycles. The normalized spacial score (nSPS) is 9.74. The Kier molecular flexibility index (Phi) is 3.74. The van der Waals surface area contributed by atoms with Crippen LogP contribution < -0.4 is 5.32 Å². The number of amides is 1. The van der Waals surface area contributed by atoms with Crippen molar-refractivity contribution in [2.45, 2.75) is 6.92 Å². The van der Waals surface area contributed by atoms with E-state index < -0.39 is 0 Å². The molecule has 0 saturated heterocycles. The van der Waals surface area contributed by atoms with Gasteiger partial charge >= 0.3 is 0 Å². The Labute approximate surface area is 114 Å². The van der Waals surface area contributed by atoms with Crippen LogP contribution in [0.4, 0.5) is 5.69 Å². The summed E-state index contributed by atoms with van der Waals surface area (Å²) in [5.41, 5.74) is 2.01. The third-order valence-electron chi connectivity index (χ3n) is 2.45. The number of nitrogens with one attached hydrogen (secondary N) is 1. The Morgan fingerprint density at radius 2 is 2.16 bits per heavy atom. The molecule has 0 bridgehead atoms. The smallest absolute Gasteiger partial charge is 0.274 e. The lowest BCUT2D eigenvalue weighted by Gasteiger charge is -2.07. The zero-order valence-corrected chi connectivity index (χ0v) is 10.8. The van der Waals surface area contributed by atoms with Crippen LogP contribution in [-0.4, -0.2) is 15.9 Å². The first-order valence-electron chi connectivity index (χ1n) is 5.40. The van der Waals surface area contributed by atoms with Crippen LogP contribution in [0.25, 0.3) is 0 Å². The van der Waals surface area contributed by atoms with Crippen LogP contribution in [-0.2, 0) is 0 Å². The molecule has 0 spiro atoms. The van der Waals surface area contributed by atoms with Crippen molar-refractivity contribution >= 4 is 23.2 Å². The highest BCUT2D eigenvalue weighted by molar-refractivity contribution is 6.29. The number of hydrogen-bond acceptors (Lipinski definition) is 4.